The van der Waals surface area contributed by atoms with E-state index in [0.717, 1.165) is 22.4 Å². The van der Waals surface area contributed by atoms with Crippen molar-refractivity contribution >= 4 is 0 Å². The van der Waals surface area contributed by atoms with Crippen LogP contribution in [0.1, 0.15) is 16.7 Å². The first kappa shape index (κ1) is 10.8. The van der Waals surface area contributed by atoms with E-state index in [1.807, 2.05) is 19.1 Å². The van der Waals surface area contributed by atoms with Crippen molar-refractivity contribution in [2.24, 2.45) is 0 Å². The van der Waals surface area contributed by atoms with Crippen molar-refractivity contribution in [3.8, 4) is 11.3 Å². The second-order valence-corrected chi connectivity index (χ2v) is 4.04. The normalized spacial score (nSPS) is 10.4. The van der Waals surface area contributed by atoms with Gasteiger partial charge in [-0.05, 0) is 31.0 Å². The Kier molecular flexibility index (Phi) is 3.02. The van der Waals surface area contributed by atoms with E-state index in [1.165, 1.54) is 5.56 Å². The Balaban J connectivity index is 2.48. The van der Waals surface area contributed by atoms with Gasteiger partial charge in [0.25, 0.3) is 0 Å². The molecule has 2 rings (SSSR count). The number of aliphatic hydroxyl groups excluding tert-OH is 1. The van der Waals surface area contributed by atoms with Gasteiger partial charge in [-0.15, -0.1) is 0 Å². The molecule has 2 aromatic rings. The lowest BCUT2D eigenvalue weighted by atomic mass is 10.0. The zero-order chi connectivity index (χ0) is 11.5. The van der Waals surface area contributed by atoms with Crippen LogP contribution >= 0.6 is 0 Å². The van der Waals surface area contributed by atoms with Gasteiger partial charge in [-0.25, -0.2) is 0 Å². The Hall–Kier alpha value is -1.67. The van der Waals surface area contributed by atoms with Crippen LogP contribution < -0.4 is 0 Å². The lowest BCUT2D eigenvalue weighted by Crippen LogP contribution is -1.92. The van der Waals surface area contributed by atoms with Gasteiger partial charge in [-0.2, -0.15) is 0 Å². The summed E-state index contributed by atoms with van der Waals surface area (Å²) in [5, 5.41) is 9.03. The van der Waals surface area contributed by atoms with E-state index in [9.17, 15) is 0 Å². The third kappa shape index (κ3) is 2.12. The molecule has 16 heavy (non-hydrogen) atoms. The van der Waals surface area contributed by atoms with E-state index in [-0.39, 0.29) is 6.61 Å². The maximum atomic E-state index is 9.03. The summed E-state index contributed by atoms with van der Waals surface area (Å²) in [6.45, 7) is 4.13. The SMILES string of the molecule is Cc1cccc(-c2ncc(CO)cc2C)c1. The molecule has 0 bridgehead atoms. The molecule has 2 nitrogen and oxygen atoms in total. The zero-order valence-electron chi connectivity index (χ0n) is 9.57. The molecule has 82 valence electrons. The molecule has 0 saturated carbocycles. The topological polar surface area (TPSA) is 33.1 Å². The summed E-state index contributed by atoms with van der Waals surface area (Å²) in [7, 11) is 0. The van der Waals surface area contributed by atoms with Crippen LogP contribution in [0.3, 0.4) is 0 Å². The van der Waals surface area contributed by atoms with Crippen LogP contribution in [0.25, 0.3) is 11.3 Å². The number of nitrogens with zero attached hydrogens (tertiary/aromatic N) is 1. The maximum absolute atomic E-state index is 9.03. The Morgan fingerprint density at radius 2 is 2.00 bits per heavy atom. The van der Waals surface area contributed by atoms with Gasteiger partial charge in [-0.3, -0.25) is 4.98 Å². The third-order valence-electron chi connectivity index (χ3n) is 2.61. The predicted molar refractivity (Wildman–Crippen MR) is 65.1 cm³/mol. The van der Waals surface area contributed by atoms with Gasteiger partial charge in [0.05, 0.1) is 12.3 Å². The van der Waals surface area contributed by atoms with Crippen LogP contribution in [-0.4, -0.2) is 10.1 Å². The summed E-state index contributed by atoms with van der Waals surface area (Å²) >= 11 is 0. The second-order valence-electron chi connectivity index (χ2n) is 4.04. The van der Waals surface area contributed by atoms with E-state index < -0.39 is 0 Å². The van der Waals surface area contributed by atoms with E-state index >= 15 is 0 Å². The van der Waals surface area contributed by atoms with Gasteiger partial charge in [0, 0.05) is 11.8 Å². The Bertz CT molecular complexity index is 506. The number of aliphatic hydroxyl groups is 1. The molecule has 1 aromatic heterocycles. The van der Waals surface area contributed by atoms with Gasteiger partial charge in [0.15, 0.2) is 0 Å². The molecule has 0 amide bonds. The number of aromatic nitrogens is 1. The van der Waals surface area contributed by atoms with Gasteiger partial charge in [0.2, 0.25) is 0 Å². The molecule has 1 aromatic carbocycles. The molecule has 0 atom stereocenters. The monoisotopic (exact) mass is 213 g/mol. The molecule has 0 aliphatic carbocycles. The smallest absolute Gasteiger partial charge is 0.0731 e. The summed E-state index contributed by atoms with van der Waals surface area (Å²) in [5.41, 5.74) is 5.29. The van der Waals surface area contributed by atoms with Crippen LogP contribution in [0, 0.1) is 13.8 Å². The largest absolute Gasteiger partial charge is 0.392 e. The maximum Gasteiger partial charge on any atom is 0.0731 e. The molecule has 0 aliphatic heterocycles. The molecular weight excluding hydrogens is 198 g/mol. The highest BCUT2D eigenvalue weighted by atomic mass is 16.3. The van der Waals surface area contributed by atoms with E-state index in [1.54, 1.807) is 6.20 Å². The van der Waals surface area contributed by atoms with Crippen LogP contribution in [0.4, 0.5) is 0 Å². The van der Waals surface area contributed by atoms with Crippen LogP contribution in [0.15, 0.2) is 36.5 Å². The molecule has 0 unspecified atom stereocenters. The zero-order valence-corrected chi connectivity index (χ0v) is 9.57. The molecule has 1 N–H and O–H groups in total. The highest BCUT2D eigenvalue weighted by molar-refractivity contribution is 5.63. The Morgan fingerprint density at radius 1 is 1.19 bits per heavy atom. The average Bonchev–Trinajstić information content (AvgIpc) is 2.28. The summed E-state index contributed by atoms with van der Waals surface area (Å²) in [6.07, 6.45) is 1.73. The standard InChI is InChI=1S/C14H15NO/c1-10-4-3-5-13(6-10)14-11(2)7-12(9-16)8-15-14/h3-8,16H,9H2,1-2H3. The first-order chi connectivity index (χ1) is 7.70. The van der Waals surface area contributed by atoms with Gasteiger partial charge < -0.3 is 5.11 Å². The van der Waals surface area contributed by atoms with Crippen molar-refractivity contribution in [1.82, 2.24) is 4.98 Å². The minimum atomic E-state index is 0.0436. The molecule has 1 heterocycles. The third-order valence-corrected chi connectivity index (χ3v) is 2.61. The van der Waals surface area contributed by atoms with Crippen molar-refractivity contribution < 1.29 is 5.11 Å². The van der Waals surface area contributed by atoms with Gasteiger partial charge >= 0.3 is 0 Å². The number of hydrogen-bond acceptors (Lipinski definition) is 2. The van der Waals surface area contributed by atoms with Crippen molar-refractivity contribution in [3.05, 3.63) is 53.2 Å². The fourth-order valence-electron chi connectivity index (χ4n) is 1.81. The van der Waals surface area contributed by atoms with E-state index in [2.05, 4.69) is 30.1 Å². The molecule has 0 spiro atoms. The average molecular weight is 213 g/mol. The molecule has 2 heteroatoms. The van der Waals surface area contributed by atoms with E-state index in [4.69, 9.17) is 5.11 Å². The fraction of sp³-hybridized carbons (Fsp3) is 0.214. The number of aryl methyl sites for hydroxylation is 2. The van der Waals surface area contributed by atoms with Crippen LogP contribution in [0.2, 0.25) is 0 Å². The summed E-state index contributed by atoms with van der Waals surface area (Å²) in [5.74, 6) is 0. The number of pyridine rings is 1. The van der Waals surface area contributed by atoms with Gasteiger partial charge in [0.1, 0.15) is 0 Å². The molecule has 0 fully saturated rings. The van der Waals surface area contributed by atoms with E-state index in [0.29, 0.717) is 0 Å². The van der Waals surface area contributed by atoms with Crippen molar-refractivity contribution in [2.45, 2.75) is 20.5 Å². The predicted octanol–water partition coefficient (Wildman–Crippen LogP) is 2.86. The minimum absolute atomic E-state index is 0.0436. The molecule has 0 aliphatic rings. The van der Waals surface area contributed by atoms with Gasteiger partial charge in [-0.1, -0.05) is 29.8 Å². The lowest BCUT2D eigenvalue weighted by Gasteiger charge is -2.07. The molecule has 0 radical (unpaired) electrons. The number of hydrogen-bond donors (Lipinski definition) is 1. The summed E-state index contributed by atoms with van der Waals surface area (Å²) < 4.78 is 0. The van der Waals surface area contributed by atoms with Crippen molar-refractivity contribution in [1.29, 1.82) is 0 Å². The lowest BCUT2D eigenvalue weighted by molar-refractivity contribution is 0.281. The minimum Gasteiger partial charge on any atom is -0.392 e. The highest BCUT2D eigenvalue weighted by Crippen LogP contribution is 2.22. The van der Waals surface area contributed by atoms with Crippen LogP contribution in [-0.2, 0) is 6.61 Å². The summed E-state index contributed by atoms with van der Waals surface area (Å²) in [6, 6.07) is 10.3. The molecular formula is C14H15NO. The number of benzene rings is 1. The second kappa shape index (κ2) is 4.45. The Morgan fingerprint density at radius 3 is 2.62 bits per heavy atom. The van der Waals surface area contributed by atoms with Crippen molar-refractivity contribution in [2.75, 3.05) is 0 Å². The first-order valence-corrected chi connectivity index (χ1v) is 5.34. The fourth-order valence-corrected chi connectivity index (χ4v) is 1.81. The number of rotatable bonds is 2. The molecule has 0 saturated heterocycles. The first-order valence-electron chi connectivity index (χ1n) is 5.34. The van der Waals surface area contributed by atoms with Crippen LogP contribution in [0.5, 0.6) is 0 Å². The highest BCUT2D eigenvalue weighted by Gasteiger charge is 2.04. The Labute approximate surface area is 95.6 Å². The van der Waals surface area contributed by atoms with Crippen molar-refractivity contribution in [3.63, 3.8) is 0 Å². The summed E-state index contributed by atoms with van der Waals surface area (Å²) in [4.78, 5) is 4.40. The quantitative estimate of drug-likeness (QED) is 0.832.